The molecule has 6 heteroatoms. The molecule has 0 saturated carbocycles. The Labute approximate surface area is 112 Å². The average molecular weight is 284 g/mol. The minimum absolute atomic E-state index is 0.0573. The fraction of sp³-hybridized carbons (Fsp3) is 0.455. The van der Waals surface area contributed by atoms with Gasteiger partial charge >= 0.3 is 0 Å². The third-order valence-corrected chi connectivity index (χ3v) is 5.45. The van der Waals surface area contributed by atoms with Gasteiger partial charge < -0.3 is 4.98 Å². The third kappa shape index (κ3) is 2.09. The van der Waals surface area contributed by atoms with Crippen molar-refractivity contribution in [2.24, 2.45) is 5.92 Å². The lowest BCUT2D eigenvalue weighted by atomic mass is 10.1. The van der Waals surface area contributed by atoms with Crippen LogP contribution in [0.25, 0.3) is 10.2 Å². The summed E-state index contributed by atoms with van der Waals surface area (Å²) in [5.74, 6) is 2.93. The zero-order valence-corrected chi connectivity index (χ0v) is 11.6. The fourth-order valence-electron chi connectivity index (χ4n) is 2.13. The van der Waals surface area contributed by atoms with Crippen molar-refractivity contribution < 1.29 is 0 Å². The Morgan fingerprint density at radius 2 is 2.47 bits per heavy atom. The highest BCUT2D eigenvalue weighted by Crippen LogP contribution is 2.24. The summed E-state index contributed by atoms with van der Waals surface area (Å²) in [5.41, 5.74) is 0.0573. The van der Waals surface area contributed by atoms with Crippen molar-refractivity contribution >= 4 is 45.5 Å². The van der Waals surface area contributed by atoms with Gasteiger partial charge in [-0.3, -0.25) is 9.36 Å². The van der Waals surface area contributed by atoms with Crippen molar-refractivity contribution in [3.05, 3.63) is 26.6 Å². The predicted molar refractivity (Wildman–Crippen MR) is 76.7 cm³/mol. The molecule has 3 rings (SSSR count). The molecule has 17 heavy (non-hydrogen) atoms. The van der Waals surface area contributed by atoms with Crippen LogP contribution in [0.15, 0.2) is 16.2 Å². The number of rotatable bonds is 2. The Balaban J connectivity index is 2.08. The molecule has 1 aliphatic rings. The predicted octanol–water partition coefficient (Wildman–Crippen LogP) is 2.87. The van der Waals surface area contributed by atoms with Gasteiger partial charge in [0, 0.05) is 6.54 Å². The van der Waals surface area contributed by atoms with Crippen molar-refractivity contribution in [1.29, 1.82) is 0 Å². The summed E-state index contributed by atoms with van der Waals surface area (Å²) in [6, 6.07) is 1.87. The number of hydrogen-bond donors (Lipinski definition) is 1. The van der Waals surface area contributed by atoms with Crippen molar-refractivity contribution in [2.45, 2.75) is 13.0 Å². The van der Waals surface area contributed by atoms with E-state index in [1.54, 1.807) is 4.57 Å². The number of hydrogen-bond acceptors (Lipinski definition) is 4. The molecule has 0 radical (unpaired) electrons. The number of aromatic amines is 1. The molecule has 1 aliphatic heterocycles. The maximum Gasteiger partial charge on any atom is 0.263 e. The fourth-order valence-corrected chi connectivity index (χ4v) is 4.50. The molecule has 3 nitrogen and oxygen atoms in total. The van der Waals surface area contributed by atoms with Gasteiger partial charge in [0.05, 0.1) is 5.39 Å². The molecule has 1 saturated heterocycles. The van der Waals surface area contributed by atoms with E-state index in [0.717, 1.165) is 22.5 Å². The summed E-state index contributed by atoms with van der Waals surface area (Å²) < 4.78 is 2.28. The standard InChI is InChI=1S/C11H12N2OS3/c14-10-8-2-4-17-9(8)12-11(15)13(10)5-7-1-3-16-6-7/h2,4,7H,1,3,5-6H2,(H,12,15). The lowest BCUT2D eigenvalue weighted by Crippen LogP contribution is -2.25. The Bertz CT molecular complexity index is 649. The van der Waals surface area contributed by atoms with E-state index < -0.39 is 0 Å². The van der Waals surface area contributed by atoms with E-state index in [0.29, 0.717) is 10.7 Å². The second-order valence-electron chi connectivity index (χ2n) is 4.24. The molecule has 3 heterocycles. The van der Waals surface area contributed by atoms with Crippen molar-refractivity contribution in [3.63, 3.8) is 0 Å². The summed E-state index contributed by atoms with van der Waals surface area (Å²) in [4.78, 5) is 16.3. The summed E-state index contributed by atoms with van der Waals surface area (Å²) in [5, 5.41) is 2.68. The highest BCUT2D eigenvalue weighted by Gasteiger charge is 2.17. The van der Waals surface area contributed by atoms with Crippen LogP contribution in [-0.4, -0.2) is 21.1 Å². The van der Waals surface area contributed by atoms with E-state index in [4.69, 9.17) is 12.2 Å². The molecule has 2 aromatic rings. The van der Waals surface area contributed by atoms with E-state index >= 15 is 0 Å². The molecule has 1 atom stereocenters. The molecule has 1 unspecified atom stereocenters. The van der Waals surface area contributed by atoms with Crippen LogP contribution in [0.1, 0.15) is 6.42 Å². The zero-order chi connectivity index (χ0) is 11.8. The van der Waals surface area contributed by atoms with Crippen LogP contribution in [0.3, 0.4) is 0 Å². The molecule has 0 aliphatic carbocycles. The second kappa shape index (κ2) is 4.59. The van der Waals surface area contributed by atoms with E-state index in [2.05, 4.69) is 4.98 Å². The Morgan fingerprint density at radius 3 is 3.24 bits per heavy atom. The molecule has 2 aromatic heterocycles. The lowest BCUT2D eigenvalue weighted by molar-refractivity contribution is 0.477. The minimum Gasteiger partial charge on any atom is -0.323 e. The quantitative estimate of drug-likeness (QED) is 0.862. The molecule has 0 bridgehead atoms. The number of aromatic nitrogens is 2. The molecule has 0 spiro atoms. The number of nitrogens with zero attached hydrogens (tertiary/aromatic N) is 1. The topological polar surface area (TPSA) is 37.8 Å². The van der Waals surface area contributed by atoms with E-state index in [9.17, 15) is 4.79 Å². The van der Waals surface area contributed by atoms with Crippen molar-refractivity contribution in [3.8, 4) is 0 Å². The first-order chi connectivity index (χ1) is 8.25. The van der Waals surface area contributed by atoms with E-state index in [1.165, 1.54) is 23.5 Å². The highest BCUT2D eigenvalue weighted by atomic mass is 32.2. The van der Waals surface area contributed by atoms with E-state index in [1.807, 2.05) is 23.2 Å². The van der Waals surface area contributed by atoms with Crippen LogP contribution < -0.4 is 5.56 Å². The average Bonchev–Trinajstić information content (AvgIpc) is 2.94. The zero-order valence-electron chi connectivity index (χ0n) is 9.14. The monoisotopic (exact) mass is 284 g/mol. The molecule has 1 N–H and O–H groups in total. The van der Waals surface area contributed by atoms with Gasteiger partial charge in [-0.2, -0.15) is 11.8 Å². The first-order valence-electron chi connectivity index (χ1n) is 5.54. The van der Waals surface area contributed by atoms with Crippen LogP contribution >= 0.6 is 35.3 Å². The number of thiophene rings is 1. The first kappa shape index (κ1) is 11.5. The Morgan fingerprint density at radius 1 is 1.59 bits per heavy atom. The second-order valence-corrected chi connectivity index (χ2v) is 6.69. The van der Waals surface area contributed by atoms with Gasteiger partial charge in [0.15, 0.2) is 4.77 Å². The van der Waals surface area contributed by atoms with Gasteiger partial charge in [-0.05, 0) is 47.5 Å². The molecule has 0 aromatic carbocycles. The summed E-state index contributed by atoms with van der Waals surface area (Å²) >= 11 is 8.76. The van der Waals surface area contributed by atoms with Crippen LogP contribution in [-0.2, 0) is 6.54 Å². The number of nitrogens with one attached hydrogen (secondary N) is 1. The summed E-state index contributed by atoms with van der Waals surface area (Å²) in [6.45, 7) is 0.757. The SMILES string of the molecule is O=c1c2ccsc2[nH]c(=S)n1CC1CCSC1. The largest absolute Gasteiger partial charge is 0.323 e. The maximum absolute atomic E-state index is 12.3. The number of thioether (sulfide) groups is 1. The number of H-pyrrole nitrogens is 1. The van der Waals surface area contributed by atoms with Crippen molar-refractivity contribution in [1.82, 2.24) is 9.55 Å². The molecule has 90 valence electrons. The summed E-state index contributed by atoms with van der Waals surface area (Å²) in [7, 11) is 0. The minimum atomic E-state index is 0.0573. The smallest absolute Gasteiger partial charge is 0.263 e. The maximum atomic E-state index is 12.3. The normalized spacial score (nSPS) is 20.1. The van der Waals surface area contributed by atoms with Gasteiger partial charge in [0.25, 0.3) is 5.56 Å². The summed E-state index contributed by atoms with van der Waals surface area (Å²) in [6.07, 6.45) is 1.19. The van der Waals surface area contributed by atoms with Crippen LogP contribution in [0.2, 0.25) is 0 Å². The van der Waals surface area contributed by atoms with Gasteiger partial charge in [0.1, 0.15) is 4.83 Å². The van der Waals surface area contributed by atoms with Crippen LogP contribution in [0, 0.1) is 10.7 Å². The third-order valence-electron chi connectivity index (χ3n) is 3.07. The number of fused-ring (bicyclic) bond motifs is 1. The first-order valence-corrected chi connectivity index (χ1v) is 7.98. The molecular formula is C11H12N2OS3. The van der Waals surface area contributed by atoms with Crippen LogP contribution in [0.4, 0.5) is 0 Å². The van der Waals surface area contributed by atoms with Gasteiger partial charge in [0.2, 0.25) is 0 Å². The van der Waals surface area contributed by atoms with E-state index in [-0.39, 0.29) is 5.56 Å². The van der Waals surface area contributed by atoms with Gasteiger partial charge in [-0.25, -0.2) is 0 Å². The molecule has 1 fully saturated rings. The highest BCUT2D eigenvalue weighted by molar-refractivity contribution is 7.99. The van der Waals surface area contributed by atoms with Crippen LogP contribution in [0.5, 0.6) is 0 Å². The Kier molecular flexibility index (Phi) is 3.10. The lowest BCUT2D eigenvalue weighted by Gasteiger charge is -2.11. The Hall–Kier alpha value is -0.590. The van der Waals surface area contributed by atoms with Crippen molar-refractivity contribution in [2.75, 3.05) is 11.5 Å². The molecular weight excluding hydrogens is 272 g/mol. The van der Waals surface area contributed by atoms with Gasteiger partial charge in [-0.15, -0.1) is 11.3 Å². The molecule has 0 amide bonds. The van der Waals surface area contributed by atoms with Gasteiger partial charge in [-0.1, -0.05) is 0 Å².